The largest absolute Gasteiger partial charge is 0.324 e. The van der Waals surface area contributed by atoms with Gasteiger partial charge in [-0.05, 0) is 12.8 Å². The van der Waals surface area contributed by atoms with Crippen LogP contribution in [0.5, 0.6) is 0 Å². The summed E-state index contributed by atoms with van der Waals surface area (Å²) >= 11 is 0. The molecule has 2 nitrogen and oxygen atoms in total. The Labute approximate surface area is 83.4 Å². The molecular weight excluding hydrogens is 186 g/mol. The quantitative estimate of drug-likeness (QED) is 0.740. The highest BCUT2D eigenvalue weighted by Crippen LogP contribution is 2.32. The van der Waals surface area contributed by atoms with Crippen molar-refractivity contribution in [2.45, 2.75) is 43.6 Å². The lowest BCUT2D eigenvalue weighted by molar-refractivity contribution is 0.0104. The molecule has 0 aromatic rings. The van der Waals surface area contributed by atoms with Gasteiger partial charge in [0.15, 0.2) is 0 Å². The maximum absolute atomic E-state index is 12.9. The zero-order valence-electron chi connectivity index (χ0n) is 8.44. The predicted molar refractivity (Wildman–Crippen MR) is 51.4 cm³/mol. The van der Waals surface area contributed by atoms with Crippen molar-refractivity contribution in [3.8, 4) is 0 Å². The van der Waals surface area contributed by atoms with Crippen LogP contribution in [-0.2, 0) is 0 Å². The Bertz CT molecular complexity index is 212. The average molecular weight is 204 g/mol. The predicted octanol–water partition coefficient (Wildman–Crippen LogP) is 1.60. The topological polar surface area (TPSA) is 29.3 Å². The smallest absolute Gasteiger partial charge is 0.261 e. The molecule has 0 aromatic heterocycles. The maximum Gasteiger partial charge on any atom is 0.261 e. The van der Waals surface area contributed by atoms with Crippen LogP contribution in [0.4, 0.5) is 8.78 Å². The molecular formula is C10H18F2N2. The lowest BCUT2D eigenvalue weighted by Crippen LogP contribution is -2.47. The number of hydrogen-bond donors (Lipinski definition) is 1. The summed E-state index contributed by atoms with van der Waals surface area (Å²) in [5.41, 5.74) is 5.96. The van der Waals surface area contributed by atoms with Gasteiger partial charge in [-0.15, -0.1) is 0 Å². The van der Waals surface area contributed by atoms with E-state index in [-0.39, 0.29) is 18.5 Å². The van der Waals surface area contributed by atoms with Crippen LogP contribution in [0.15, 0.2) is 0 Å². The van der Waals surface area contributed by atoms with Gasteiger partial charge in [-0.3, -0.25) is 4.90 Å². The standard InChI is InChI=1S/C10H18F2N2/c11-10(12)5-6-14(8-10)7-9(13)3-1-2-4-9/h1-8,13H2. The summed E-state index contributed by atoms with van der Waals surface area (Å²) in [6.07, 6.45) is 4.30. The molecule has 0 atom stereocenters. The van der Waals surface area contributed by atoms with Gasteiger partial charge in [0.05, 0.1) is 6.54 Å². The first-order valence-electron chi connectivity index (χ1n) is 5.38. The molecule has 4 heteroatoms. The fourth-order valence-corrected chi connectivity index (χ4v) is 2.62. The number of halogens is 2. The third-order valence-corrected chi connectivity index (χ3v) is 3.39. The van der Waals surface area contributed by atoms with Crippen LogP contribution >= 0.6 is 0 Å². The van der Waals surface area contributed by atoms with E-state index in [1.54, 1.807) is 0 Å². The molecule has 82 valence electrons. The Kier molecular flexibility index (Phi) is 2.52. The number of likely N-dealkylation sites (tertiary alicyclic amines) is 1. The van der Waals surface area contributed by atoms with Crippen molar-refractivity contribution in [1.82, 2.24) is 4.90 Å². The van der Waals surface area contributed by atoms with E-state index in [2.05, 4.69) is 0 Å². The first kappa shape index (κ1) is 10.3. The summed E-state index contributed by atoms with van der Waals surface area (Å²) in [5, 5.41) is 0. The van der Waals surface area contributed by atoms with E-state index in [9.17, 15) is 8.78 Å². The number of nitrogens with two attached hydrogens (primary N) is 1. The van der Waals surface area contributed by atoms with Crippen LogP contribution in [0.3, 0.4) is 0 Å². The van der Waals surface area contributed by atoms with E-state index in [0.29, 0.717) is 13.1 Å². The van der Waals surface area contributed by atoms with Crippen molar-refractivity contribution in [3.05, 3.63) is 0 Å². The van der Waals surface area contributed by atoms with E-state index >= 15 is 0 Å². The number of alkyl halides is 2. The van der Waals surface area contributed by atoms with Crippen LogP contribution < -0.4 is 5.73 Å². The zero-order valence-corrected chi connectivity index (χ0v) is 8.44. The van der Waals surface area contributed by atoms with E-state index in [4.69, 9.17) is 5.73 Å². The molecule has 1 saturated heterocycles. The second-order valence-corrected chi connectivity index (χ2v) is 4.89. The Balaban J connectivity index is 1.86. The van der Waals surface area contributed by atoms with E-state index < -0.39 is 5.92 Å². The highest BCUT2D eigenvalue weighted by Gasteiger charge is 2.41. The zero-order chi connectivity index (χ0) is 10.2. The first-order valence-corrected chi connectivity index (χ1v) is 5.38. The molecule has 2 aliphatic rings. The summed E-state index contributed by atoms with van der Waals surface area (Å²) in [7, 11) is 0. The molecule has 2 fully saturated rings. The third-order valence-electron chi connectivity index (χ3n) is 3.39. The van der Waals surface area contributed by atoms with E-state index in [1.165, 1.54) is 0 Å². The minimum absolute atomic E-state index is 0.00306. The van der Waals surface area contributed by atoms with Gasteiger partial charge in [-0.1, -0.05) is 12.8 Å². The lowest BCUT2D eigenvalue weighted by Gasteiger charge is -2.29. The summed E-state index contributed by atoms with van der Waals surface area (Å²) in [5.74, 6) is -2.48. The van der Waals surface area contributed by atoms with Gasteiger partial charge in [0.2, 0.25) is 0 Å². The van der Waals surface area contributed by atoms with Crippen molar-refractivity contribution in [3.63, 3.8) is 0 Å². The van der Waals surface area contributed by atoms with Gasteiger partial charge < -0.3 is 5.73 Å². The van der Waals surface area contributed by atoms with Gasteiger partial charge in [-0.25, -0.2) is 8.78 Å². The van der Waals surface area contributed by atoms with E-state index in [1.807, 2.05) is 4.90 Å². The summed E-state index contributed by atoms with van der Waals surface area (Å²) in [4.78, 5) is 1.82. The first-order chi connectivity index (χ1) is 6.49. The Hall–Kier alpha value is -0.220. The van der Waals surface area contributed by atoms with Gasteiger partial charge in [-0.2, -0.15) is 0 Å². The summed E-state index contributed by atoms with van der Waals surface area (Å²) in [6.45, 7) is 1.07. The highest BCUT2D eigenvalue weighted by atomic mass is 19.3. The number of nitrogens with zero attached hydrogens (tertiary/aromatic N) is 1. The Morgan fingerprint density at radius 3 is 2.29 bits per heavy atom. The van der Waals surface area contributed by atoms with Crippen LogP contribution in [0.1, 0.15) is 32.1 Å². The second-order valence-electron chi connectivity index (χ2n) is 4.89. The fraction of sp³-hybridized carbons (Fsp3) is 1.00. The van der Waals surface area contributed by atoms with Crippen LogP contribution in [-0.4, -0.2) is 36.0 Å². The van der Waals surface area contributed by atoms with Crippen LogP contribution in [0.2, 0.25) is 0 Å². The Morgan fingerprint density at radius 1 is 1.14 bits per heavy atom. The van der Waals surface area contributed by atoms with E-state index in [0.717, 1.165) is 25.7 Å². The molecule has 2 rings (SSSR count). The molecule has 0 spiro atoms. The molecule has 2 N–H and O–H groups in total. The normalized spacial score (nSPS) is 31.1. The SMILES string of the molecule is NC1(CN2CCC(F)(F)C2)CCCC1. The van der Waals surface area contributed by atoms with Gasteiger partial charge >= 0.3 is 0 Å². The van der Waals surface area contributed by atoms with Crippen molar-refractivity contribution in [1.29, 1.82) is 0 Å². The Morgan fingerprint density at radius 2 is 1.79 bits per heavy atom. The summed E-state index contributed by atoms with van der Waals surface area (Å²) < 4.78 is 25.8. The minimum Gasteiger partial charge on any atom is -0.324 e. The molecule has 14 heavy (non-hydrogen) atoms. The molecule has 1 heterocycles. The van der Waals surface area contributed by atoms with Gasteiger partial charge in [0.25, 0.3) is 5.92 Å². The monoisotopic (exact) mass is 204 g/mol. The fourth-order valence-electron chi connectivity index (χ4n) is 2.62. The van der Waals surface area contributed by atoms with Crippen molar-refractivity contribution < 1.29 is 8.78 Å². The second kappa shape index (κ2) is 3.42. The highest BCUT2D eigenvalue weighted by molar-refractivity contribution is 4.94. The minimum atomic E-state index is -2.48. The average Bonchev–Trinajstić information content (AvgIpc) is 2.59. The maximum atomic E-state index is 12.9. The molecule has 1 aliphatic heterocycles. The third kappa shape index (κ3) is 2.23. The molecule has 0 amide bonds. The van der Waals surface area contributed by atoms with Crippen molar-refractivity contribution in [2.24, 2.45) is 5.73 Å². The molecule has 0 aromatic carbocycles. The number of rotatable bonds is 2. The number of hydrogen-bond acceptors (Lipinski definition) is 2. The summed E-state index contributed by atoms with van der Waals surface area (Å²) in [6, 6.07) is 0. The van der Waals surface area contributed by atoms with Crippen LogP contribution in [0.25, 0.3) is 0 Å². The van der Waals surface area contributed by atoms with Crippen molar-refractivity contribution in [2.75, 3.05) is 19.6 Å². The van der Waals surface area contributed by atoms with Crippen LogP contribution in [0, 0.1) is 0 Å². The van der Waals surface area contributed by atoms with Gasteiger partial charge in [0.1, 0.15) is 0 Å². The molecule has 0 unspecified atom stereocenters. The molecule has 0 radical (unpaired) electrons. The molecule has 0 bridgehead atoms. The van der Waals surface area contributed by atoms with Crippen molar-refractivity contribution >= 4 is 0 Å². The molecule has 1 aliphatic carbocycles. The van der Waals surface area contributed by atoms with Gasteiger partial charge in [0, 0.05) is 25.0 Å². The molecule has 1 saturated carbocycles. The lowest BCUT2D eigenvalue weighted by atomic mass is 9.99.